The van der Waals surface area contributed by atoms with Crippen molar-refractivity contribution in [2.24, 2.45) is 0 Å². The van der Waals surface area contributed by atoms with Crippen molar-refractivity contribution in [1.29, 1.82) is 0 Å². The number of carbonyl (C=O) groups is 3. The van der Waals surface area contributed by atoms with E-state index in [0.717, 1.165) is 40.3 Å². The molecule has 0 radical (unpaired) electrons. The molecule has 2 atom stereocenters. The van der Waals surface area contributed by atoms with Crippen molar-refractivity contribution < 1.29 is 19.1 Å². The number of carbonyl (C=O) groups excluding carboxylic acids is 3. The number of hydrogen-bond donors (Lipinski definition) is 2. The predicted molar refractivity (Wildman–Crippen MR) is 167 cm³/mol. The monoisotopic (exact) mass is 575 g/mol. The maximum atomic E-state index is 14.3. The first-order valence-electron chi connectivity index (χ1n) is 14.1. The molecule has 0 heterocycles. The van der Waals surface area contributed by atoms with Crippen molar-refractivity contribution in [2.75, 3.05) is 17.3 Å². The Hall–Kier alpha value is -3.52. The lowest BCUT2D eigenvalue weighted by molar-refractivity contribution is -0.141. The van der Waals surface area contributed by atoms with E-state index in [1.165, 1.54) is 0 Å². The van der Waals surface area contributed by atoms with Gasteiger partial charge in [-0.05, 0) is 94.4 Å². The van der Waals surface area contributed by atoms with Crippen LogP contribution in [0.1, 0.15) is 62.8 Å². The number of hydrogen-bond acceptors (Lipinski definition) is 5. The van der Waals surface area contributed by atoms with Gasteiger partial charge in [-0.3, -0.25) is 9.59 Å². The Bertz CT molecular complexity index is 1390. The number of ether oxygens (including phenoxy) is 1. The second-order valence-corrected chi connectivity index (χ2v) is 12.8. The van der Waals surface area contributed by atoms with Gasteiger partial charge in [0.15, 0.2) is 0 Å². The van der Waals surface area contributed by atoms with Gasteiger partial charge in [-0.15, -0.1) is 0 Å². The fraction of sp³-hybridized carbons (Fsp3) is 0.424. The molecule has 1 saturated carbocycles. The summed E-state index contributed by atoms with van der Waals surface area (Å²) in [5, 5.41) is 8.00. The second kappa shape index (κ2) is 13.0. The summed E-state index contributed by atoms with van der Waals surface area (Å²) in [6.07, 6.45) is 3.35. The van der Waals surface area contributed by atoms with E-state index in [4.69, 9.17) is 4.74 Å². The minimum atomic E-state index is -0.864. The smallest absolute Gasteiger partial charge is 0.408 e. The number of fused-ring (bicyclic) bond motifs is 1. The third-order valence-electron chi connectivity index (χ3n) is 6.90. The molecule has 1 aliphatic rings. The number of benzene rings is 3. The normalized spacial score (nSPS) is 14.7. The van der Waals surface area contributed by atoms with Crippen molar-refractivity contribution >= 4 is 46.1 Å². The first kappa shape index (κ1) is 30.4. The molecule has 3 aromatic carbocycles. The van der Waals surface area contributed by atoms with Crippen LogP contribution in [0.4, 0.5) is 10.5 Å². The van der Waals surface area contributed by atoms with E-state index in [9.17, 15) is 14.4 Å². The molecule has 3 aromatic rings. The van der Waals surface area contributed by atoms with Crippen LogP contribution in [0.3, 0.4) is 0 Å². The highest BCUT2D eigenvalue weighted by molar-refractivity contribution is 7.98. The van der Waals surface area contributed by atoms with E-state index in [-0.39, 0.29) is 17.9 Å². The van der Waals surface area contributed by atoms with Gasteiger partial charge in [0.2, 0.25) is 5.91 Å². The van der Waals surface area contributed by atoms with Gasteiger partial charge in [-0.25, -0.2) is 4.79 Å². The molecule has 2 unspecified atom stereocenters. The molecule has 2 N–H and O–H groups in total. The third kappa shape index (κ3) is 8.26. The molecule has 1 fully saturated rings. The predicted octanol–water partition coefficient (Wildman–Crippen LogP) is 6.77. The van der Waals surface area contributed by atoms with Crippen LogP contribution in [0, 0.1) is 13.8 Å². The lowest BCUT2D eigenvalue weighted by Crippen LogP contribution is -2.53. The molecular formula is C33H41N3O4S. The summed E-state index contributed by atoms with van der Waals surface area (Å²) in [6, 6.07) is 18.0. The van der Waals surface area contributed by atoms with E-state index in [2.05, 4.69) is 16.7 Å². The van der Waals surface area contributed by atoms with Crippen LogP contribution in [0.2, 0.25) is 0 Å². The standard InChI is InChI=1S/C33H41N3O4S/c1-21-17-22(2)19-25(18-21)29(30(37)34-26-12-11-23-9-7-8-10-24(23)20-26)36(27-13-14-27)31(38)28(15-16-41-6)35-32(39)40-33(3,4)5/h7-12,17-20,27-29H,13-16H2,1-6H3,(H,34,37)(H,35,39). The van der Waals surface area contributed by atoms with Crippen molar-refractivity contribution in [3.8, 4) is 0 Å². The van der Waals surface area contributed by atoms with E-state index >= 15 is 0 Å². The van der Waals surface area contributed by atoms with Gasteiger partial charge in [-0.2, -0.15) is 11.8 Å². The Balaban J connectivity index is 1.71. The molecule has 0 bridgehead atoms. The zero-order valence-electron chi connectivity index (χ0n) is 24.8. The van der Waals surface area contributed by atoms with Crippen LogP contribution >= 0.6 is 11.8 Å². The summed E-state index contributed by atoms with van der Waals surface area (Å²) in [4.78, 5) is 43.0. The van der Waals surface area contributed by atoms with Crippen LogP contribution in [0.15, 0.2) is 60.7 Å². The fourth-order valence-corrected chi connectivity index (χ4v) is 5.55. The Morgan fingerprint density at radius 3 is 2.24 bits per heavy atom. The van der Waals surface area contributed by atoms with E-state index in [1.54, 1.807) is 37.4 Å². The SMILES string of the molecule is CSCCC(NC(=O)OC(C)(C)C)C(=O)N(C1CC1)C(C(=O)Nc1ccc2ccccc2c1)c1cc(C)cc(C)c1. The highest BCUT2D eigenvalue weighted by atomic mass is 32.2. The highest BCUT2D eigenvalue weighted by Gasteiger charge is 2.44. The first-order chi connectivity index (χ1) is 19.4. The van der Waals surface area contributed by atoms with E-state index < -0.39 is 23.8 Å². The van der Waals surface area contributed by atoms with E-state index in [1.807, 2.05) is 74.7 Å². The molecule has 7 nitrogen and oxygen atoms in total. The molecular weight excluding hydrogens is 534 g/mol. The zero-order chi connectivity index (χ0) is 29.7. The number of nitrogens with one attached hydrogen (secondary N) is 2. The van der Waals surface area contributed by atoms with E-state index in [0.29, 0.717) is 17.9 Å². The number of anilines is 1. The summed E-state index contributed by atoms with van der Waals surface area (Å²) < 4.78 is 5.49. The Morgan fingerprint density at radius 2 is 1.63 bits per heavy atom. The molecule has 4 rings (SSSR count). The maximum Gasteiger partial charge on any atom is 0.408 e. The third-order valence-corrected chi connectivity index (χ3v) is 7.54. The van der Waals surface area contributed by atoms with Gasteiger partial charge in [0.25, 0.3) is 5.91 Å². The molecule has 0 aromatic heterocycles. The second-order valence-electron chi connectivity index (χ2n) is 11.8. The molecule has 0 aliphatic heterocycles. The Labute approximate surface area is 247 Å². The summed E-state index contributed by atoms with van der Waals surface area (Å²) in [6.45, 7) is 9.34. The van der Waals surface area contributed by atoms with Crippen LogP contribution in [0.25, 0.3) is 10.8 Å². The Kier molecular flexibility index (Phi) is 9.64. The van der Waals surface area contributed by atoms with Crippen LogP contribution in [-0.4, -0.2) is 52.5 Å². The lowest BCUT2D eigenvalue weighted by atomic mass is 9.98. The largest absolute Gasteiger partial charge is 0.444 e. The van der Waals surface area contributed by atoms with Crippen LogP contribution < -0.4 is 10.6 Å². The molecule has 0 spiro atoms. The number of nitrogens with zero attached hydrogens (tertiary/aromatic N) is 1. The molecule has 1 aliphatic carbocycles. The first-order valence-corrected chi connectivity index (χ1v) is 15.5. The number of rotatable bonds is 10. The molecule has 218 valence electrons. The van der Waals surface area contributed by atoms with Crippen LogP contribution in [-0.2, 0) is 14.3 Å². The number of aryl methyl sites for hydroxylation is 2. The summed E-state index contributed by atoms with van der Waals surface area (Å²) in [5.74, 6) is 0.110. The number of amides is 3. The van der Waals surface area contributed by atoms with Gasteiger partial charge in [0.05, 0.1) is 0 Å². The molecule has 0 saturated heterocycles. The lowest BCUT2D eigenvalue weighted by Gasteiger charge is -2.35. The van der Waals surface area contributed by atoms with Gasteiger partial charge < -0.3 is 20.3 Å². The number of alkyl carbamates (subject to hydrolysis) is 1. The minimum absolute atomic E-state index is 0.0899. The molecule has 3 amide bonds. The topological polar surface area (TPSA) is 87.7 Å². The zero-order valence-corrected chi connectivity index (χ0v) is 25.6. The fourth-order valence-electron chi connectivity index (χ4n) is 5.08. The average Bonchev–Trinajstić information content (AvgIpc) is 3.72. The van der Waals surface area contributed by atoms with Gasteiger partial charge >= 0.3 is 6.09 Å². The maximum absolute atomic E-state index is 14.3. The Morgan fingerprint density at radius 1 is 0.976 bits per heavy atom. The number of thioether (sulfide) groups is 1. The molecule has 41 heavy (non-hydrogen) atoms. The average molecular weight is 576 g/mol. The molecule has 8 heteroatoms. The van der Waals surface area contributed by atoms with Gasteiger partial charge in [-0.1, -0.05) is 59.7 Å². The van der Waals surface area contributed by atoms with Gasteiger partial charge in [0, 0.05) is 11.7 Å². The summed E-state index contributed by atoms with van der Waals surface area (Å²) in [7, 11) is 0. The summed E-state index contributed by atoms with van der Waals surface area (Å²) >= 11 is 1.60. The summed E-state index contributed by atoms with van der Waals surface area (Å²) in [5.41, 5.74) is 2.74. The quantitative estimate of drug-likeness (QED) is 0.278. The van der Waals surface area contributed by atoms with Crippen molar-refractivity contribution in [3.63, 3.8) is 0 Å². The van der Waals surface area contributed by atoms with Crippen molar-refractivity contribution in [3.05, 3.63) is 77.4 Å². The van der Waals surface area contributed by atoms with Crippen molar-refractivity contribution in [2.45, 2.75) is 77.6 Å². The van der Waals surface area contributed by atoms with Crippen molar-refractivity contribution in [1.82, 2.24) is 10.2 Å². The highest BCUT2D eigenvalue weighted by Crippen LogP contribution is 2.37. The van der Waals surface area contributed by atoms with Gasteiger partial charge in [0.1, 0.15) is 17.7 Å². The minimum Gasteiger partial charge on any atom is -0.444 e. The van der Waals surface area contributed by atoms with Crippen LogP contribution in [0.5, 0.6) is 0 Å².